The number of carbonyl (C=O) groups is 1. The Morgan fingerprint density at radius 3 is 2.66 bits per heavy atom. The Morgan fingerprint density at radius 1 is 1.38 bits per heavy atom. The van der Waals surface area contributed by atoms with E-state index in [9.17, 15) is 14.4 Å². The molecule has 0 saturated carbocycles. The van der Waals surface area contributed by atoms with Gasteiger partial charge in [-0.15, -0.1) is 11.3 Å². The fraction of sp³-hybridized carbons (Fsp3) is 0.579. The molecular formula is C19H29N5O4S. The molecule has 0 bridgehead atoms. The Balaban J connectivity index is 2.60. The SMILES string of the molecule is CCCc1nc(C)c(C(=O)N(CCOC)c2c(N)n(CC(C)C)c(=O)[nH]c2=O)s1. The number of nitrogens with two attached hydrogens (primary N) is 1. The van der Waals surface area contributed by atoms with E-state index in [0.29, 0.717) is 17.1 Å². The van der Waals surface area contributed by atoms with E-state index < -0.39 is 11.2 Å². The topological polar surface area (TPSA) is 123 Å². The van der Waals surface area contributed by atoms with Gasteiger partial charge in [0.15, 0.2) is 5.69 Å². The van der Waals surface area contributed by atoms with Crippen LogP contribution in [0.25, 0.3) is 0 Å². The number of amides is 1. The van der Waals surface area contributed by atoms with Crippen molar-refractivity contribution in [3.8, 4) is 0 Å². The molecule has 0 spiro atoms. The number of nitrogen functional groups attached to an aromatic ring is 1. The van der Waals surface area contributed by atoms with Crippen LogP contribution >= 0.6 is 11.3 Å². The summed E-state index contributed by atoms with van der Waals surface area (Å²) >= 11 is 1.31. The quantitative estimate of drug-likeness (QED) is 0.634. The van der Waals surface area contributed by atoms with Crippen molar-refractivity contribution in [1.82, 2.24) is 14.5 Å². The summed E-state index contributed by atoms with van der Waals surface area (Å²) in [6, 6.07) is 0. The Kier molecular flexibility index (Phi) is 7.74. The van der Waals surface area contributed by atoms with E-state index in [1.165, 1.54) is 27.9 Å². The molecule has 0 saturated heterocycles. The highest BCUT2D eigenvalue weighted by molar-refractivity contribution is 7.14. The fourth-order valence-electron chi connectivity index (χ4n) is 2.98. The highest BCUT2D eigenvalue weighted by Crippen LogP contribution is 2.25. The van der Waals surface area contributed by atoms with Crippen LogP contribution in [0.2, 0.25) is 0 Å². The first-order valence-electron chi connectivity index (χ1n) is 9.60. The molecule has 2 rings (SSSR count). The number of nitrogens with one attached hydrogen (secondary N) is 1. The van der Waals surface area contributed by atoms with Gasteiger partial charge in [-0.2, -0.15) is 0 Å². The van der Waals surface area contributed by atoms with E-state index in [1.54, 1.807) is 6.92 Å². The van der Waals surface area contributed by atoms with E-state index in [4.69, 9.17) is 10.5 Å². The fourth-order valence-corrected chi connectivity index (χ4v) is 4.09. The van der Waals surface area contributed by atoms with Gasteiger partial charge in [0.2, 0.25) is 0 Å². The van der Waals surface area contributed by atoms with Crippen molar-refractivity contribution in [2.45, 2.75) is 47.1 Å². The van der Waals surface area contributed by atoms with Crippen LogP contribution in [0.1, 0.15) is 47.6 Å². The molecule has 2 heterocycles. The molecule has 0 aliphatic carbocycles. The zero-order valence-electron chi connectivity index (χ0n) is 17.6. The van der Waals surface area contributed by atoms with Crippen LogP contribution in [0.5, 0.6) is 0 Å². The second-order valence-corrected chi connectivity index (χ2v) is 8.30. The van der Waals surface area contributed by atoms with Crippen molar-refractivity contribution in [3.05, 3.63) is 36.4 Å². The zero-order chi connectivity index (χ0) is 21.7. The third-order valence-electron chi connectivity index (χ3n) is 4.29. The summed E-state index contributed by atoms with van der Waals surface area (Å²) in [4.78, 5) is 46.7. The summed E-state index contributed by atoms with van der Waals surface area (Å²) in [7, 11) is 1.51. The minimum Gasteiger partial charge on any atom is -0.383 e. The third kappa shape index (κ3) is 5.13. The Morgan fingerprint density at radius 2 is 2.07 bits per heavy atom. The van der Waals surface area contributed by atoms with Crippen molar-refractivity contribution in [3.63, 3.8) is 0 Å². The summed E-state index contributed by atoms with van der Waals surface area (Å²) in [5.41, 5.74) is 5.48. The highest BCUT2D eigenvalue weighted by Gasteiger charge is 2.28. The molecule has 2 aromatic heterocycles. The van der Waals surface area contributed by atoms with Crippen LogP contribution in [0.15, 0.2) is 9.59 Å². The number of aromatic nitrogens is 3. The zero-order valence-corrected chi connectivity index (χ0v) is 18.4. The van der Waals surface area contributed by atoms with Crippen LogP contribution < -0.4 is 21.9 Å². The number of hydrogen-bond acceptors (Lipinski definition) is 7. The summed E-state index contributed by atoms with van der Waals surface area (Å²) in [5.74, 6) is -0.295. The lowest BCUT2D eigenvalue weighted by Gasteiger charge is -2.24. The Hall–Kier alpha value is -2.46. The molecule has 2 aromatic rings. The molecule has 0 radical (unpaired) electrons. The smallest absolute Gasteiger partial charge is 0.330 e. The molecule has 0 aliphatic heterocycles. The highest BCUT2D eigenvalue weighted by atomic mass is 32.1. The van der Waals surface area contributed by atoms with Crippen molar-refractivity contribution >= 4 is 28.7 Å². The number of aromatic amines is 1. The molecule has 29 heavy (non-hydrogen) atoms. The molecule has 0 fully saturated rings. The summed E-state index contributed by atoms with van der Waals surface area (Å²) in [6.07, 6.45) is 1.69. The van der Waals surface area contributed by atoms with Crippen molar-refractivity contribution < 1.29 is 9.53 Å². The minimum atomic E-state index is -0.701. The molecule has 160 valence electrons. The molecule has 1 amide bonds. The van der Waals surface area contributed by atoms with Crippen LogP contribution in [-0.4, -0.2) is 40.7 Å². The number of hydrogen-bond donors (Lipinski definition) is 2. The molecule has 0 atom stereocenters. The molecular weight excluding hydrogens is 394 g/mol. The van der Waals surface area contributed by atoms with Gasteiger partial charge in [0.25, 0.3) is 11.5 Å². The molecule has 9 nitrogen and oxygen atoms in total. The average molecular weight is 424 g/mol. The van der Waals surface area contributed by atoms with Crippen LogP contribution in [-0.2, 0) is 17.7 Å². The second-order valence-electron chi connectivity index (χ2n) is 7.22. The predicted molar refractivity (Wildman–Crippen MR) is 115 cm³/mol. The summed E-state index contributed by atoms with van der Waals surface area (Å²) < 4.78 is 6.41. The first kappa shape index (κ1) is 22.8. The number of H-pyrrole nitrogens is 1. The van der Waals surface area contributed by atoms with Gasteiger partial charge in [-0.05, 0) is 25.7 Å². The third-order valence-corrected chi connectivity index (χ3v) is 5.50. The van der Waals surface area contributed by atoms with Crippen LogP contribution in [0.3, 0.4) is 0 Å². The first-order chi connectivity index (χ1) is 13.7. The second kappa shape index (κ2) is 9.84. The van der Waals surface area contributed by atoms with Crippen LogP contribution in [0.4, 0.5) is 11.5 Å². The summed E-state index contributed by atoms with van der Waals surface area (Å²) in [5, 5.41) is 0.867. The Bertz CT molecular complexity index is 976. The van der Waals surface area contributed by atoms with E-state index in [0.717, 1.165) is 17.8 Å². The maximum absolute atomic E-state index is 13.4. The largest absolute Gasteiger partial charge is 0.383 e. The number of rotatable bonds is 9. The van der Waals surface area contributed by atoms with Crippen molar-refractivity contribution in [2.75, 3.05) is 30.9 Å². The van der Waals surface area contributed by atoms with Gasteiger partial charge < -0.3 is 10.5 Å². The van der Waals surface area contributed by atoms with E-state index in [1.807, 2.05) is 20.8 Å². The van der Waals surface area contributed by atoms with Gasteiger partial charge in [-0.1, -0.05) is 20.8 Å². The molecule has 0 aromatic carbocycles. The average Bonchev–Trinajstić information content (AvgIpc) is 3.01. The van der Waals surface area contributed by atoms with Gasteiger partial charge in [0.1, 0.15) is 10.7 Å². The Labute approximate surface area is 173 Å². The number of methoxy groups -OCH3 is 1. The van der Waals surface area contributed by atoms with Crippen molar-refractivity contribution in [2.24, 2.45) is 5.92 Å². The predicted octanol–water partition coefficient (Wildman–Crippen LogP) is 1.79. The van der Waals surface area contributed by atoms with Gasteiger partial charge in [0, 0.05) is 20.2 Å². The number of ether oxygens (including phenoxy) is 1. The maximum Gasteiger partial charge on any atom is 0.330 e. The standard InChI is InChI=1S/C19H29N5O4S/c1-6-7-13-21-12(4)15(29-13)18(26)23(8-9-28-5)14-16(20)24(10-11(2)3)19(27)22-17(14)25/h11H,6-10,20H2,1-5H3,(H,22,25,27). The number of thiazole rings is 1. The van der Waals surface area contributed by atoms with Gasteiger partial charge in [-0.3, -0.25) is 24.0 Å². The molecule has 3 N–H and O–H groups in total. The van der Waals surface area contributed by atoms with E-state index in [-0.39, 0.29) is 36.5 Å². The lowest BCUT2D eigenvalue weighted by molar-refractivity contribution is 0.0978. The molecule has 0 unspecified atom stereocenters. The van der Waals surface area contributed by atoms with Gasteiger partial charge in [0.05, 0.1) is 17.3 Å². The van der Waals surface area contributed by atoms with Crippen LogP contribution in [0, 0.1) is 12.8 Å². The van der Waals surface area contributed by atoms with E-state index >= 15 is 0 Å². The number of carbonyl (C=O) groups excluding carboxylic acids is 1. The number of anilines is 2. The number of aryl methyl sites for hydroxylation is 2. The van der Waals surface area contributed by atoms with E-state index in [2.05, 4.69) is 9.97 Å². The maximum atomic E-state index is 13.4. The van der Waals surface area contributed by atoms with Crippen molar-refractivity contribution in [1.29, 1.82) is 0 Å². The number of nitrogens with zero attached hydrogens (tertiary/aromatic N) is 3. The van der Waals surface area contributed by atoms with Gasteiger partial charge in [-0.25, -0.2) is 9.78 Å². The monoisotopic (exact) mass is 423 g/mol. The normalized spacial score (nSPS) is 11.2. The molecule has 10 heteroatoms. The summed E-state index contributed by atoms with van der Waals surface area (Å²) in [6.45, 7) is 8.31. The van der Waals surface area contributed by atoms with Gasteiger partial charge >= 0.3 is 5.69 Å². The molecule has 0 aliphatic rings. The lowest BCUT2D eigenvalue weighted by atomic mass is 10.2. The minimum absolute atomic E-state index is 0.0344. The first-order valence-corrected chi connectivity index (χ1v) is 10.4. The lowest BCUT2D eigenvalue weighted by Crippen LogP contribution is -2.42.